The van der Waals surface area contributed by atoms with Crippen molar-refractivity contribution in [2.75, 3.05) is 7.11 Å². The third kappa shape index (κ3) is 2.77. The van der Waals surface area contributed by atoms with E-state index in [1.807, 2.05) is 0 Å². The molecule has 0 N–H and O–H groups in total. The predicted molar refractivity (Wildman–Crippen MR) is 90.6 cm³/mol. The van der Waals surface area contributed by atoms with Gasteiger partial charge in [-0.1, -0.05) is 18.2 Å². The summed E-state index contributed by atoms with van der Waals surface area (Å²) in [6, 6.07) is 12.1. The van der Waals surface area contributed by atoms with E-state index in [-0.39, 0.29) is 20.7 Å². The van der Waals surface area contributed by atoms with E-state index in [0.717, 1.165) is 10.2 Å². The van der Waals surface area contributed by atoms with Crippen molar-refractivity contribution in [3.63, 3.8) is 0 Å². The van der Waals surface area contributed by atoms with Crippen LogP contribution in [0.4, 0.5) is 0 Å². The van der Waals surface area contributed by atoms with Crippen molar-refractivity contribution in [2.45, 2.75) is 9.79 Å². The lowest BCUT2D eigenvalue weighted by Gasteiger charge is -2.08. The first-order chi connectivity index (χ1) is 11.2. The Morgan fingerprint density at radius 3 is 2.25 bits per heavy atom. The van der Waals surface area contributed by atoms with Gasteiger partial charge in [-0.2, -0.15) is 0 Å². The molecule has 1 aromatic heterocycles. The summed E-state index contributed by atoms with van der Waals surface area (Å²) in [7, 11) is -1.23. The summed E-state index contributed by atoms with van der Waals surface area (Å²) in [6.07, 6.45) is 1.01. The summed E-state index contributed by atoms with van der Waals surface area (Å²) in [6.45, 7) is 0. The Kier molecular flexibility index (Phi) is 4.06. The number of nitrogens with zero attached hydrogens (tertiary/aromatic N) is 1. The molecule has 0 aliphatic heterocycles. The third-order valence-electron chi connectivity index (χ3n) is 3.50. The van der Waals surface area contributed by atoms with Gasteiger partial charge >= 0.3 is 0 Å². The molecule has 0 atom stereocenters. The molecule has 0 saturated carbocycles. The maximum atomic E-state index is 12.9. The van der Waals surface area contributed by atoms with Gasteiger partial charge in [0.1, 0.15) is 10.6 Å². The Morgan fingerprint density at radius 2 is 1.67 bits per heavy atom. The Balaban J connectivity index is 2.40. The minimum atomic E-state index is -4.12. The van der Waals surface area contributed by atoms with Gasteiger partial charge in [-0.25, -0.2) is 20.8 Å². The first-order valence-electron chi connectivity index (χ1n) is 6.69. The fourth-order valence-corrected chi connectivity index (χ4v) is 4.86. The Bertz CT molecular complexity index is 1120. The second-order valence-corrected chi connectivity index (χ2v) is 9.28. The molecule has 3 rings (SSSR count). The zero-order valence-corrected chi connectivity index (χ0v) is 14.8. The maximum absolute atomic E-state index is 12.9. The lowest BCUT2D eigenvalue weighted by Crippen LogP contribution is -2.11. The fraction of sp³-hybridized carbons (Fsp3) is 0.0667. The van der Waals surface area contributed by atoms with Gasteiger partial charge in [-0.15, -0.1) is 0 Å². The van der Waals surface area contributed by atoms with E-state index in [1.165, 1.54) is 37.4 Å². The molecule has 126 valence electrons. The molecular formula is C15H12ClNO5S2. The minimum absolute atomic E-state index is 0.0308. The van der Waals surface area contributed by atoms with E-state index in [2.05, 4.69) is 0 Å². The topological polar surface area (TPSA) is 82.4 Å². The van der Waals surface area contributed by atoms with Crippen molar-refractivity contribution in [1.29, 1.82) is 0 Å². The Hall–Kier alpha value is -2.03. The van der Waals surface area contributed by atoms with Crippen LogP contribution in [0.5, 0.6) is 5.75 Å². The van der Waals surface area contributed by atoms with Crippen LogP contribution in [0.15, 0.2) is 64.5 Å². The quantitative estimate of drug-likeness (QED) is 0.645. The highest BCUT2D eigenvalue weighted by Crippen LogP contribution is 2.33. The van der Waals surface area contributed by atoms with Crippen LogP contribution >= 0.6 is 10.7 Å². The van der Waals surface area contributed by atoms with Crippen molar-refractivity contribution in [2.24, 2.45) is 0 Å². The second kappa shape index (κ2) is 5.80. The molecule has 2 aromatic carbocycles. The maximum Gasteiger partial charge on any atom is 0.268 e. The second-order valence-electron chi connectivity index (χ2n) is 4.93. The number of fused-ring (bicyclic) bond motifs is 1. The highest BCUT2D eigenvalue weighted by molar-refractivity contribution is 8.14. The van der Waals surface area contributed by atoms with E-state index in [4.69, 9.17) is 15.4 Å². The zero-order chi connectivity index (χ0) is 17.5. The molecular weight excluding hydrogens is 374 g/mol. The molecule has 6 nitrogen and oxygen atoms in total. The van der Waals surface area contributed by atoms with Crippen LogP contribution < -0.4 is 4.74 Å². The molecule has 0 aliphatic rings. The van der Waals surface area contributed by atoms with Gasteiger partial charge < -0.3 is 4.74 Å². The van der Waals surface area contributed by atoms with Crippen LogP contribution in [0.25, 0.3) is 10.9 Å². The first-order valence-corrected chi connectivity index (χ1v) is 10.4. The minimum Gasteiger partial charge on any atom is -0.497 e. The summed E-state index contributed by atoms with van der Waals surface area (Å²) in [5.41, 5.74) is 0.164. The number of halogens is 1. The molecule has 1 heterocycles. The van der Waals surface area contributed by atoms with Crippen LogP contribution in [0, 0.1) is 0 Å². The molecule has 9 heteroatoms. The number of aromatic nitrogens is 1. The molecule has 0 bridgehead atoms. The lowest BCUT2D eigenvalue weighted by molar-refractivity contribution is 0.415. The van der Waals surface area contributed by atoms with Crippen LogP contribution in [0.1, 0.15) is 0 Å². The number of rotatable bonds is 4. The summed E-state index contributed by atoms with van der Waals surface area (Å²) in [5, 5.41) is 0.199. The van der Waals surface area contributed by atoms with Crippen LogP contribution in [0.3, 0.4) is 0 Å². The molecule has 0 spiro atoms. The first kappa shape index (κ1) is 16.8. The lowest BCUT2D eigenvalue weighted by atomic mass is 10.2. The highest BCUT2D eigenvalue weighted by atomic mass is 35.7. The Morgan fingerprint density at radius 1 is 1.00 bits per heavy atom. The summed E-state index contributed by atoms with van der Waals surface area (Å²) >= 11 is 0. The van der Waals surface area contributed by atoms with Crippen molar-refractivity contribution < 1.29 is 21.6 Å². The highest BCUT2D eigenvalue weighted by Gasteiger charge is 2.25. The monoisotopic (exact) mass is 385 g/mol. The molecule has 3 aromatic rings. The van der Waals surface area contributed by atoms with E-state index in [1.54, 1.807) is 18.2 Å². The molecule has 0 amide bonds. The normalized spacial score (nSPS) is 12.4. The number of methoxy groups -OCH3 is 1. The van der Waals surface area contributed by atoms with Gasteiger partial charge in [-0.3, -0.25) is 0 Å². The van der Waals surface area contributed by atoms with Crippen LogP contribution in [0.2, 0.25) is 0 Å². The molecule has 0 radical (unpaired) electrons. The summed E-state index contributed by atoms with van der Waals surface area (Å²) in [4.78, 5) is -0.246. The van der Waals surface area contributed by atoms with Crippen molar-refractivity contribution in [1.82, 2.24) is 3.97 Å². The van der Waals surface area contributed by atoms with Crippen LogP contribution in [-0.4, -0.2) is 27.9 Å². The van der Waals surface area contributed by atoms with Crippen molar-refractivity contribution >= 4 is 40.7 Å². The summed E-state index contributed by atoms with van der Waals surface area (Å²) in [5.74, 6) is 0.392. The van der Waals surface area contributed by atoms with Crippen molar-refractivity contribution in [3.05, 3.63) is 54.7 Å². The predicted octanol–water partition coefficient (Wildman–Crippen LogP) is 2.81. The molecule has 0 fully saturated rings. The average molecular weight is 386 g/mol. The zero-order valence-electron chi connectivity index (χ0n) is 12.4. The third-order valence-corrected chi connectivity index (χ3v) is 6.54. The van der Waals surface area contributed by atoms with Crippen molar-refractivity contribution in [3.8, 4) is 5.75 Å². The number of hydrogen-bond acceptors (Lipinski definition) is 5. The van der Waals surface area contributed by atoms with Gasteiger partial charge in [0, 0.05) is 28.3 Å². The van der Waals surface area contributed by atoms with Gasteiger partial charge in [0.15, 0.2) is 0 Å². The molecule has 0 aliphatic carbocycles. The van der Waals surface area contributed by atoms with E-state index >= 15 is 0 Å². The number of benzene rings is 2. The van der Waals surface area contributed by atoms with Gasteiger partial charge in [0.25, 0.3) is 19.1 Å². The smallest absolute Gasteiger partial charge is 0.268 e. The molecule has 0 unspecified atom stereocenters. The number of ether oxygens (including phenoxy) is 1. The molecule has 24 heavy (non-hydrogen) atoms. The molecule has 0 saturated heterocycles. The van der Waals surface area contributed by atoms with Gasteiger partial charge in [0.2, 0.25) is 0 Å². The fourth-order valence-electron chi connectivity index (χ4n) is 2.37. The summed E-state index contributed by atoms with van der Waals surface area (Å²) < 4.78 is 55.4. The number of hydrogen-bond donors (Lipinski definition) is 0. The van der Waals surface area contributed by atoms with Crippen LogP contribution in [-0.2, 0) is 19.1 Å². The largest absolute Gasteiger partial charge is 0.497 e. The van der Waals surface area contributed by atoms with E-state index < -0.39 is 19.1 Å². The average Bonchev–Trinajstić information content (AvgIpc) is 2.95. The van der Waals surface area contributed by atoms with Gasteiger partial charge in [0.05, 0.1) is 17.5 Å². The SMILES string of the molecule is COc1ccc2c(S(=O)(=O)Cl)cn(S(=O)(=O)c3ccccc3)c2c1. The standard InChI is InChI=1S/C15H12ClNO5S2/c1-22-11-7-8-13-14(9-11)17(10-15(13)23(16,18)19)24(20,21)12-5-3-2-4-6-12/h2-10H,1H3. The van der Waals surface area contributed by atoms with Gasteiger partial charge in [-0.05, 0) is 24.3 Å². The van der Waals surface area contributed by atoms with E-state index in [0.29, 0.717) is 5.75 Å². The van der Waals surface area contributed by atoms with E-state index in [9.17, 15) is 16.8 Å². The Labute approximate surface area is 143 Å².